The molecule has 0 bridgehead atoms. The number of aromatic amines is 1. The lowest BCUT2D eigenvalue weighted by Crippen LogP contribution is -2.37. The van der Waals surface area contributed by atoms with Gasteiger partial charge in [0.25, 0.3) is 5.91 Å². The second-order valence-corrected chi connectivity index (χ2v) is 7.88. The zero-order valence-corrected chi connectivity index (χ0v) is 17.2. The van der Waals surface area contributed by atoms with Crippen molar-refractivity contribution in [1.29, 1.82) is 0 Å². The maximum absolute atomic E-state index is 13.7. The Hall–Kier alpha value is -3.62. The normalized spacial score (nSPS) is 15.3. The molecule has 1 N–H and O–H groups in total. The van der Waals surface area contributed by atoms with E-state index in [1.807, 2.05) is 13.8 Å². The molecule has 0 spiro atoms. The lowest BCUT2D eigenvalue weighted by atomic mass is 9.83. The maximum Gasteiger partial charge on any atom is 0.341 e. The fourth-order valence-corrected chi connectivity index (χ4v) is 3.85. The van der Waals surface area contributed by atoms with Crippen LogP contribution in [0.4, 0.5) is 8.78 Å². The van der Waals surface area contributed by atoms with Crippen molar-refractivity contribution >= 4 is 28.5 Å². The SMILES string of the molecule is CCOC(=O)C1=CN(C(=O)c2ccc(F)c(F)c2)CC(C)(C)c2c1[nH]c1ccnnc21. The summed E-state index contributed by atoms with van der Waals surface area (Å²) in [6, 6.07) is 4.69. The lowest BCUT2D eigenvalue weighted by Gasteiger charge is -2.29. The van der Waals surface area contributed by atoms with Crippen molar-refractivity contribution in [2.75, 3.05) is 13.2 Å². The van der Waals surface area contributed by atoms with E-state index in [4.69, 9.17) is 4.74 Å². The molecule has 0 saturated carbocycles. The number of amides is 1. The van der Waals surface area contributed by atoms with Gasteiger partial charge >= 0.3 is 5.97 Å². The molecule has 3 heterocycles. The maximum atomic E-state index is 13.7. The van der Waals surface area contributed by atoms with Crippen molar-refractivity contribution in [2.24, 2.45) is 0 Å². The predicted molar refractivity (Wildman–Crippen MR) is 109 cm³/mol. The van der Waals surface area contributed by atoms with E-state index in [9.17, 15) is 18.4 Å². The fourth-order valence-electron chi connectivity index (χ4n) is 3.85. The Bertz CT molecular complexity index is 1230. The number of rotatable bonds is 3. The number of fused-ring (bicyclic) bond motifs is 3. The van der Waals surface area contributed by atoms with Crippen molar-refractivity contribution in [3.63, 3.8) is 0 Å². The van der Waals surface area contributed by atoms with Gasteiger partial charge in [-0.25, -0.2) is 13.6 Å². The summed E-state index contributed by atoms with van der Waals surface area (Å²) >= 11 is 0. The molecule has 1 amide bonds. The van der Waals surface area contributed by atoms with E-state index < -0.39 is 28.9 Å². The summed E-state index contributed by atoms with van der Waals surface area (Å²) in [7, 11) is 0. The van der Waals surface area contributed by atoms with Crippen molar-refractivity contribution < 1.29 is 23.1 Å². The van der Waals surface area contributed by atoms with Crippen LogP contribution >= 0.6 is 0 Å². The van der Waals surface area contributed by atoms with Crippen molar-refractivity contribution in [2.45, 2.75) is 26.2 Å². The van der Waals surface area contributed by atoms with Gasteiger partial charge in [-0.05, 0) is 31.2 Å². The highest BCUT2D eigenvalue weighted by atomic mass is 19.2. The summed E-state index contributed by atoms with van der Waals surface area (Å²) in [5.74, 6) is -3.37. The Labute approximate surface area is 176 Å². The third kappa shape index (κ3) is 3.56. The van der Waals surface area contributed by atoms with Crippen LogP contribution in [-0.2, 0) is 14.9 Å². The molecule has 7 nitrogen and oxygen atoms in total. The summed E-state index contributed by atoms with van der Waals surface area (Å²) in [6.45, 7) is 5.79. The van der Waals surface area contributed by atoms with Crippen LogP contribution in [0.3, 0.4) is 0 Å². The topological polar surface area (TPSA) is 88.2 Å². The number of carbonyl (C=O) groups is 2. The molecule has 160 valence electrons. The first kappa shape index (κ1) is 20.6. The number of nitrogens with one attached hydrogen (secondary N) is 1. The quantitative estimate of drug-likeness (QED) is 0.647. The van der Waals surface area contributed by atoms with Crippen molar-refractivity contribution in [3.05, 3.63) is 65.1 Å². The standard InChI is InChI=1S/C22H20F2N4O3/c1-4-31-21(30)13-10-28(20(29)12-5-6-14(23)15(24)9-12)11-22(2,3)17-18(13)26-16-7-8-25-27-19(16)17/h5-10,26H,4,11H2,1-3H3. The predicted octanol–water partition coefficient (Wildman–Crippen LogP) is 3.57. The molecule has 0 aliphatic carbocycles. The van der Waals surface area contributed by atoms with Gasteiger partial charge in [0.1, 0.15) is 5.52 Å². The van der Waals surface area contributed by atoms with Crippen LogP contribution in [0.1, 0.15) is 42.4 Å². The Morgan fingerprint density at radius 2 is 2.00 bits per heavy atom. The highest BCUT2D eigenvalue weighted by Crippen LogP contribution is 2.39. The number of benzene rings is 1. The number of ether oxygens (including phenoxy) is 1. The number of esters is 1. The van der Waals surface area contributed by atoms with Gasteiger partial charge in [0.15, 0.2) is 11.6 Å². The number of carbonyl (C=O) groups excluding carboxylic acids is 2. The molecule has 31 heavy (non-hydrogen) atoms. The first-order valence-electron chi connectivity index (χ1n) is 9.72. The summed E-state index contributed by atoms with van der Waals surface area (Å²) < 4.78 is 32.3. The average Bonchev–Trinajstić information content (AvgIpc) is 3.07. The van der Waals surface area contributed by atoms with E-state index in [0.29, 0.717) is 16.7 Å². The highest BCUT2D eigenvalue weighted by Gasteiger charge is 2.38. The number of hydrogen-bond donors (Lipinski definition) is 1. The van der Waals surface area contributed by atoms with Gasteiger partial charge in [-0.1, -0.05) is 13.8 Å². The monoisotopic (exact) mass is 426 g/mol. The van der Waals surface area contributed by atoms with Crippen LogP contribution in [0.15, 0.2) is 36.7 Å². The molecule has 1 aliphatic rings. The molecule has 0 saturated heterocycles. The van der Waals surface area contributed by atoms with Crippen LogP contribution in [0.2, 0.25) is 0 Å². The lowest BCUT2D eigenvalue weighted by molar-refractivity contribution is -0.136. The Morgan fingerprint density at radius 3 is 2.71 bits per heavy atom. The third-order valence-corrected chi connectivity index (χ3v) is 5.19. The number of nitrogens with zero attached hydrogens (tertiary/aromatic N) is 3. The molecule has 0 fully saturated rings. The fraction of sp³-hybridized carbons (Fsp3) is 0.273. The van der Waals surface area contributed by atoms with Gasteiger partial charge in [0.2, 0.25) is 0 Å². The summed E-state index contributed by atoms with van der Waals surface area (Å²) in [6.07, 6.45) is 2.93. The van der Waals surface area contributed by atoms with Gasteiger partial charge in [0, 0.05) is 29.3 Å². The van der Waals surface area contributed by atoms with Gasteiger partial charge < -0.3 is 14.6 Å². The number of hydrogen-bond acceptors (Lipinski definition) is 5. The van der Waals surface area contributed by atoms with E-state index in [1.54, 1.807) is 13.0 Å². The molecule has 0 atom stereocenters. The molecular weight excluding hydrogens is 406 g/mol. The average molecular weight is 426 g/mol. The molecule has 3 aromatic rings. The molecule has 0 radical (unpaired) electrons. The summed E-state index contributed by atoms with van der Waals surface area (Å²) in [5.41, 5.74) is 1.92. The van der Waals surface area contributed by atoms with Crippen molar-refractivity contribution in [3.8, 4) is 0 Å². The molecular formula is C22H20F2N4O3. The van der Waals surface area contributed by atoms with E-state index in [1.165, 1.54) is 23.4 Å². The molecule has 1 aromatic carbocycles. The van der Waals surface area contributed by atoms with E-state index in [-0.39, 0.29) is 24.3 Å². The zero-order valence-electron chi connectivity index (χ0n) is 17.2. The minimum absolute atomic E-state index is 0.0376. The van der Waals surface area contributed by atoms with Crippen LogP contribution in [-0.4, -0.2) is 45.1 Å². The summed E-state index contributed by atoms with van der Waals surface area (Å²) in [4.78, 5) is 30.5. The van der Waals surface area contributed by atoms with Crippen LogP contribution < -0.4 is 0 Å². The molecule has 4 rings (SSSR count). The van der Waals surface area contributed by atoms with E-state index in [2.05, 4.69) is 15.2 Å². The van der Waals surface area contributed by atoms with E-state index in [0.717, 1.165) is 17.7 Å². The Morgan fingerprint density at radius 1 is 1.23 bits per heavy atom. The first-order valence-corrected chi connectivity index (χ1v) is 9.72. The van der Waals surface area contributed by atoms with Gasteiger partial charge in [-0.15, -0.1) is 5.10 Å². The number of aromatic nitrogens is 3. The first-order chi connectivity index (χ1) is 14.7. The van der Waals surface area contributed by atoms with Crippen molar-refractivity contribution in [1.82, 2.24) is 20.1 Å². The Kier molecular flexibility index (Phi) is 5.04. The van der Waals surface area contributed by atoms with E-state index >= 15 is 0 Å². The molecule has 1 aliphatic heterocycles. The molecule has 2 aromatic heterocycles. The second-order valence-electron chi connectivity index (χ2n) is 7.88. The third-order valence-electron chi connectivity index (χ3n) is 5.19. The second kappa shape index (κ2) is 7.57. The number of H-pyrrole nitrogens is 1. The molecule has 0 unspecified atom stereocenters. The number of halogens is 2. The van der Waals surface area contributed by atoms with Gasteiger partial charge in [0.05, 0.1) is 29.6 Å². The zero-order chi connectivity index (χ0) is 22.3. The van der Waals surface area contributed by atoms with Crippen LogP contribution in [0.5, 0.6) is 0 Å². The smallest absolute Gasteiger partial charge is 0.341 e. The van der Waals surface area contributed by atoms with Gasteiger partial charge in [-0.3, -0.25) is 4.79 Å². The highest BCUT2D eigenvalue weighted by molar-refractivity contribution is 6.18. The largest absolute Gasteiger partial charge is 0.462 e. The van der Waals surface area contributed by atoms with Gasteiger partial charge in [-0.2, -0.15) is 5.10 Å². The Balaban J connectivity index is 1.89. The minimum atomic E-state index is -1.12. The summed E-state index contributed by atoms with van der Waals surface area (Å²) in [5, 5.41) is 8.18. The van der Waals surface area contributed by atoms with Crippen LogP contribution in [0.25, 0.3) is 16.6 Å². The van der Waals surface area contributed by atoms with Crippen LogP contribution in [0, 0.1) is 11.6 Å². The minimum Gasteiger partial charge on any atom is -0.462 e. The molecule has 9 heteroatoms.